The monoisotopic (exact) mass is 501 g/mol. The first-order valence-corrected chi connectivity index (χ1v) is 11.6. The van der Waals surface area contributed by atoms with E-state index >= 15 is 0 Å². The number of hydrogen-bond donors (Lipinski definition) is 0. The lowest BCUT2D eigenvalue weighted by atomic mass is 10.2. The standard InChI is InChI=1S/C26H23N5O6/c1-33-21-12-16(13-22(34-2)23(21)35-3)30-8-7-18-17(25(30)32)14-27-26-28-24(29-31(18)26)15-5-6-19-20(11-15)37-10-4-9-36-19/h5-8,11-14H,4,9-10H2,1-3H3. The smallest absolute Gasteiger partial charge is 0.266 e. The summed E-state index contributed by atoms with van der Waals surface area (Å²) < 4.78 is 30.8. The molecule has 1 aliphatic rings. The van der Waals surface area contributed by atoms with Crippen molar-refractivity contribution in [2.45, 2.75) is 6.42 Å². The van der Waals surface area contributed by atoms with E-state index in [1.165, 1.54) is 32.1 Å². The number of nitrogens with zero attached hydrogens (tertiary/aromatic N) is 5. The summed E-state index contributed by atoms with van der Waals surface area (Å²) in [6.07, 6.45) is 3.99. The Balaban J connectivity index is 1.46. The largest absolute Gasteiger partial charge is 0.493 e. The van der Waals surface area contributed by atoms with Crippen LogP contribution in [0.1, 0.15) is 6.42 Å². The molecule has 1 aliphatic heterocycles. The Labute approximate surface area is 210 Å². The third kappa shape index (κ3) is 3.75. The molecule has 3 aromatic heterocycles. The highest BCUT2D eigenvalue weighted by Crippen LogP contribution is 2.39. The van der Waals surface area contributed by atoms with Crippen LogP contribution in [0.4, 0.5) is 0 Å². The van der Waals surface area contributed by atoms with E-state index in [1.54, 1.807) is 28.9 Å². The molecule has 0 amide bonds. The van der Waals surface area contributed by atoms with Gasteiger partial charge in [0, 0.05) is 36.5 Å². The maximum Gasteiger partial charge on any atom is 0.266 e. The van der Waals surface area contributed by atoms with E-state index in [-0.39, 0.29) is 5.56 Å². The quantitative estimate of drug-likeness (QED) is 0.358. The number of benzene rings is 2. The number of methoxy groups -OCH3 is 3. The lowest BCUT2D eigenvalue weighted by Crippen LogP contribution is -2.19. The van der Waals surface area contributed by atoms with Crippen LogP contribution in [-0.2, 0) is 0 Å². The van der Waals surface area contributed by atoms with Gasteiger partial charge in [0.15, 0.2) is 28.8 Å². The predicted octanol–water partition coefficient (Wildman–Crippen LogP) is 3.28. The molecule has 11 nitrogen and oxygen atoms in total. The molecule has 0 N–H and O–H groups in total. The van der Waals surface area contributed by atoms with Gasteiger partial charge in [-0.25, -0.2) is 4.98 Å². The number of rotatable bonds is 5. The molecule has 0 spiro atoms. The third-order valence-electron chi connectivity index (χ3n) is 6.17. The van der Waals surface area contributed by atoms with E-state index in [2.05, 4.69) is 15.1 Å². The van der Waals surface area contributed by atoms with Crippen molar-refractivity contribution in [3.8, 4) is 45.8 Å². The predicted molar refractivity (Wildman–Crippen MR) is 135 cm³/mol. The van der Waals surface area contributed by atoms with Gasteiger partial charge in [-0.15, -0.1) is 5.10 Å². The van der Waals surface area contributed by atoms with Crippen LogP contribution in [0.3, 0.4) is 0 Å². The Morgan fingerprint density at radius 1 is 0.919 bits per heavy atom. The summed E-state index contributed by atoms with van der Waals surface area (Å²) >= 11 is 0. The van der Waals surface area contributed by atoms with Gasteiger partial charge in [0.05, 0.1) is 51.1 Å². The summed E-state index contributed by atoms with van der Waals surface area (Å²) in [6.45, 7) is 1.20. The first-order valence-electron chi connectivity index (χ1n) is 11.6. The number of fused-ring (bicyclic) bond motifs is 4. The zero-order valence-corrected chi connectivity index (χ0v) is 20.4. The van der Waals surface area contributed by atoms with Crippen molar-refractivity contribution in [3.05, 3.63) is 59.1 Å². The Bertz CT molecular complexity index is 1680. The Morgan fingerprint density at radius 2 is 1.68 bits per heavy atom. The number of pyridine rings is 1. The van der Waals surface area contributed by atoms with Crippen molar-refractivity contribution < 1.29 is 23.7 Å². The fraction of sp³-hybridized carbons (Fsp3) is 0.231. The molecule has 37 heavy (non-hydrogen) atoms. The molecule has 0 saturated carbocycles. The van der Waals surface area contributed by atoms with Crippen molar-refractivity contribution in [1.29, 1.82) is 0 Å². The zero-order valence-electron chi connectivity index (χ0n) is 20.4. The van der Waals surface area contributed by atoms with Gasteiger partial charge in [0.2, 0.25) is 5.75 Å². The molecular weight excluding hydrogens is 478 g/mol. The SMILES string of the molecule is COc1cc(-n2ccc3c(cnc4nc(-c5ccc6c(c5)OCCCO6)nn43)c2=O)cc(OC)c1OC. The average Bonchev–Trinajstić information content (AvgIpc) is 3.24. The van der Waals surface area contributed by atoms with Gasteiger partial charge in [-0.2, -0.15) is 9.50 Å². The fourth-order valence-corrected chi connectivity index (χ4v) is 4.35. The zero-order chi connectivity index (χ0) is 25.5. The Kier molecular flexibility index (Phi) is 5.52. The molecule has 0 atom stereocenters. The molecular formula is C26H23N5O6. The van der Waals surface area contributed by atoms with Gasteiger partial charge >= 0.3 is 0 Å². The summed E-state index contributed by atoms with van der Waals surface area (Å²) in [6, 6.07) is 10.8. The van der Waals surface area contributed by atoms with Crippen molar-refractivity contribution >= 4 is 16.7 Å². The molecule has 4 heterocycles. The van der Waals surface area contributed by atoms with E-state index in [0.717, 1.165) is 12.0 Å². The van der Waals surface area contributed by atoms with Crippen LogP contribution in [0.15, 0.2) is 53.6 Å². The summed E-state index contributed by atoms with van der Waals surface area (Å²) in [7, 11) is 4.57. The molecule has 0 bridgehead atoms. The van der Waals surface area contributed by atoms with E-state index < -0.39 is 0 Å². The van der Waals surface area contributed by atoms with Gasteiger partial charge < -0.3 is 23.7 Å². The van der Waals surface area contributed by atoms with Crippen LogP contribution in [0, 0.1) is 0 Å². The maximum absolute atomic E-state index is 13.5. The molecule has 0 saturated heterocycles. The normalized spacial score (nSPS) is 12.9. The molecule has 0 unspecified atom stereocenters. The maximum atomic E-state index is 13.5. The molecule has 0 radical (unpaired) electrons. The molecule has 0 aliphatic carbocycles. The fourth-order valence-electron chi connectivity index (χ4n) is 4.35. The number of aromatic nitrogens is 5. The van der Waals surface area contributed by atoms with Gasteiger partial charge in [0.25, 0.3) is 11.3 Å². The van der Waals surface area contributed by atoms with Crippen LogP contribution >= 0.6 is 0 Å². The van der Waals surface area contributed by atoms with Crippen molar-refractivity contribution in [2.24, 2.45) is 0 Å². The topological polar surface area (TPSA) is 111 Å². The Hall–Kier alpha value is -4.80. The minimum atomic E-state index is -0.284. The van der Waals surface area contributed by atoms with Crippen LogP contribution < -0.4 is 29.2 Å². The van der Waals surface area contributed by atoms with Crippen molar-refractivity contribution in [2.75, 3.05) is 34.5 Å². The first-order chi connectivity index (χ1) is 18.1. The van der Waals surface area contributed by atoms with Crippen LogP contribution in [0.25, 0.3) is 33.8 Å². The van der Waals surface area contributed by atoms with E-state index in [9.17, 15) is 4.79 Å². The minimum Gasteiger partial charge on any atom is -0.493 e. The van der Waals surface area contributed by atoms with Crippen LogP contribution in [-0.4, -0.2) is 58.7 Å². The third-order valence-corrected chi connectivity index (χ3v) is 6.17. The second kappa shape index (κ2) is 9.01. The Morgan fingerprint density at radius 3 is 2.41 bits per heavy atom. The summed E-state index contributed by atoms with van der Waals surface area (Å²) in [5, 5.41) is 5.02. The summed E-state index contributed by atoms with van der Waals surface area (Å²) in [5.41, 5.74) is 1.60. The second-order valence-electron chi connectivity index (χ2n) is 8.29. The van der Waals surface area contributed by atoms with Gasteiger partial charge in [-0.1, -0.05) is 0 Å². The number of hydrogen-bond acceptors (Lipinski definition) is 9. The highest BCUT2D eigenvalue weighted by Gasteiger charge is 2.18. The lowest BCUT2D eigenvalue weighted by molar-refractivity contribution is 0.297. The molecule has 0 fully saturated rings. The van der Waals surface area contributed by atoms with Crippen molar-refractivity contribution in [1.82, 2.24) is 24.1 Å². The highest BCUT2D eigenvalue weighted by molar-refractivity contribution is 5.79. The van der Waals surface area contributed by atoms with Crippen molar-refractivity contribution in [3.63, 3.8) is 0 Å². The highest BCUT2D eigenvalue weighted by atomic mass is 16.5. The summed E-state index contributed by atoms with van der Waals surface area (Å²) in [5.74, 6) is 3.50. The van der Waals surface area contributed by atoms with Crippen LogP contribution in [0.2, 0.25) is 0 Å². The van der Waals surface area contributed by atoms with Gasteiger partial charge in [-0.05, 0) is 24.3 Å². The molecule has 6 rings (SSSR count). The van der Waals surface area contributed by atoms with E-state index in [1.807, 2.05) is 18.2 Å². The van der Waals surface area contributed by atoms with E-state index in [0.29, 0.717) is 70.2 Å². The average molecular weight is 501 g/mol. The van der Waals surface area contributed by atoms with Gasteiger partial charge in [0.1, 0.15) is 0 Å². The molecule has 5 aromatic rings. The second-order valence-corrected chi connectivity index (χ2v) is 8.29. The van der Waals surface area contributed by atoms with Crippen LogP contribution in [0.5, 0.6) is 28.7 Å². The molecule has 11 heteroatoms. The summed E-state index contributed by atoms with van der Waals surface area (Å²) in [4.78, 5) is 22.5. The van der Waals surface area contributed by atoms with E-state index in [4.69, 9.17) is 23.7 Å². The number of ether oxygens (including phenoxy) is 5. The first kappa shape index (κ1) is 22.7. The minimum absolute atomic E-state index is 0.284. The van der Waals surface area contributed by atoms with Gasteiger partial charge in [-0.3, -0.25) is 9.36 Å². The lowest BCUT2D eigenvalue weighted by Gasteiger charge is -2.15. The molecule has 2 aromatic carbocycles. The molecule has 188 valence electrons.